The zero-order chi connectivity index (χ0) is 15.0. The summed E-state index contributed by atoms with van der Waals surface area (Å²) < 4.78 is 0.873. The van der Waals surface area contributed by atoms with Crippen molar-refractivity contribution in [2.75, 3.05) is 12.4 Å². The number of hydrogen-bond acceptors (Lipinski definition) is 2. The molecule has 21 heavy (non-hydrogen) atoms. The predicted octanol–water partition coefficient (Wildman–Crippen LogP) is 3.66. The van der Waals surface area contributed by atoms with Crippen molar-refractivity contribution in [3.8, 4) is 0 Å². The van der Waals surface area contributed by atoms with E-state index in [1.165, 1.54) is 0 Å². The molecule has 2 aromatic rings. The number of hydrogen-bond donors (Lipinski definition) is 1. The van der Waals surface area contributed by atoms with Crippen LogP contribution >= 0.6 is 15.9 Å². The minimum absolute atomic E-state index is 0.0290. The van der Waals surface area contributed by atoms with Crippen LogP contribution in [0.5, 0.6) is 0 Å². The Kier molecular flexibility index (Phi) is 3.51. The number of nitrogens with one attached hydrogen (secondary N) is 1. The fourth-order valence-corrected chi connectivity index (χ4v) is 2.72. The van der Waals surface area contributed by atoms with E-state index in [4.69, 9.17) is 0 Å². The number of fused-ring (bicyclic) bond motifs is 1. The molecule has 106 valence electrons. The quantitative estimate of drug-likeness (QED) is 0.845. The molecule has 1 aliphatic rings. The molecule has 2 amide bonds. The zero-order valence-corrected chi connectivity index (χ0v) is 13.0. The van der Waals surface area contributed by atoms with Gasteiger partial charge in [0, 0.05) is 34.9 Å². The van der Waals surface area contributed by atoms with E-state index in [2.05, 4.69) is 21.2 Å². The van der Waals surface area contributed by atoms with Gasteiger partial charge in [0.25, 0.3) is 0 Å². The molecule has 4 nitrogen and oxygen atoms in total. The van der Waals surface area contributed by atoms with Gasteiger partial charge in [-0.05, 0) is 35.9 Å². The SMILES string of the molecule is CN1Cc2cc(C(=O)c3cccc(Br)c3)ccc2NC1=O. The van der Waals surface area contributed by atoms with E-state index in [1.54, 1.807) is 36.2 Å². The van der Waals surface area contributed by atoms with Crippen LogP contribution in [0.25, 0.3) is 0 Å². The summed E-state index contributed by atoms with van der Waals surface area (Å²) in [5.41, 5.74) is 2.97. The average Bonchev–Trinajstić information content (AvgIpc) is 2.47. The number of ketones is 1. The summed E-state index contributed by atoms with van der Waals surface area (Å²) in [7, 11) is 1.72. The van der Waals surface area contributed by atoms with Gasteiger partial charge in [-0.15, -0.1) is 0 Å². The lowest BCUT2D eigenvalue weighted by Crippen LogP contribution is -2.35. The van der Waals surface area contributed by atoms with E-state index in [9.17, 15) is 9.59 Å². The highest BCUT2D eigenvalue weighted by Crippen LogP contribution is 2.25. The second-order valence-corrected chi connectivity index (χ2v) is 5.91. The Morgan fingerprint density at radius 2 is 1.95 bits per heavy atom. The second-order valence-electron chi connectivity index (χ2n) is 5.00. The van der Waals surface area contributed by atoms with Gasteiger partial charge in [-0.3, -0.25) is 4.79 Å². The Balaban J connectivity index is 1.96. The maximum atomic E-state index is 12.5. The molecule has 1 aliphatic heterocycles. The molecule has 0 aromatic heterocycles. The fraction of sp³-hybridized carbons (Fsp3) is 0.125. The van der Waals surface area contributed by atoms with Crippen molar-refractivity contribution in [1.29, 1.82) is 0 Å². The van der Waals surface area contributed by atoms with Crippen molar-refractivity contribution in [3.63, 3.8) is 0 Å². The Morgan fingerprint density at radius 3 is 2.71 bits per heavy atom. The molecule has 0 saturated heterocycles. The maximum Gasteiger partial charge on any atom is 0.321 e. The van der Waals surface area contributed by atoms with Gasteiger partial charge in [0.15, 0.2) is 5.78 Å². The molecule has 0 unspecified atom stereocenters. The molecule has 2 aromatic carbocycles. The van der Waals surface area contributed by atoms with Gasteiger partial charge in [0.1, 0.15) is 0 Å². The summed E-state index contributed by atoms with van der Waals surface area (Å²) >= 11 is 3.37. The molecule has 1 N–H and O–H groups in total. The smallest absolute Gasteiger partial charge is 0.321 e. The monoisotopic (exact) mass is 344 g/mol. The Morgan fingerprint density at radius 1 is 1.19 bits per heavy atom. The standard InChI is InChI=1S/C16H13BrN2O2/c1-19-9-12-7-11(5-6-14(12)18-16(19)21)15(20)10-3-2-4-13(17)8-10/h2-8H,9H2,1H3,(H,18,21). The average molecular weight is 345 g/mol. The molecule has 0 spiro atoms. The van der Waals surface area contributed by atoms with Crippen LogP contribution in [0.4, 0.5) is 10.5 Å². The summed E-state index contributed by atoms with van der Waals surface area (Å²) in [4.78, 5) is 25.7. The number of nitrogens with zero attached hydrogens (tertiary/aromatic N) is 1. The minimum Gasteiger partial charge on any atom is -0.323 e. The molecule has 0 fully saturated rings. The first-order valence-corrected chi connectivity index (χ1v) is 7.29. The third kappa shape index (κ3) is 2.69. The summed E-state index contributed by atoms with van der Waals surface area (Å²) in [6.07, 6.45) is 0. The van der Waals surface area contributed by atoms with Crippen LogP contribution in [0.2, 0.25) is 0 Å². The van der Waals surface area contributed by atoms with E-state index in [-0.39, 0.29) is 11.8 Å². The molecule has 0 atom stereocenters. The van der Waals surface area contributed by atoms with E-state index < -0.39 is 0 Å². The number of rotatable bonds is 2. The first-order valence-electron chi connectivity index (χ1n) is 6.50. The highest BCUT2D eigenvalue weighted by atomic mass is 79.9. The van der Waals surface area contributed by atoms with Gasteiger partial charge in [-0.2, -0.15) is 0 Å². The molecule has 0 aliphatic carbocycles. The molecule has 0 saturated carbocycles. The maximum absolute atomic E-state index is 12.5. The molecule has 1 heterocycles. The third-order valence-electron chi connectivity index (χ3n) is 3.45. The number of carbonyl (C=O) groups is 2. The van der Waals surface area contributed by atoms with Gasteiger partial charge >= 0.3 is 6.03 Å². The van der Waals surface area contributed by atoms with Crippen LogP contribution in [0.15, 0.2) is 46.9 Å². The van der Waals surface area contributed by atoms with Crippen molar-refractivity contribution in [1.82, 2.24) is 4.90 Å². The highest BCUT2D eigenvalue weighted by Gasteiger charge is 2.20. The Labute approximate surface area is 130 Å². The fourth-order valence-electron chi connectivity index (χ4n) is 2.32. The molecular formula is C16H13BrN2O2. The zero-order valence-electron chi connectivity index (χ0n) is 11.4. The molecule has 5 heteroatoms. The van der Waals surface area contributed by atoms with Crippen LogP contribution in [0.3, 0.4) is 0 Å². The number of benzene rings is 2. The van der Waals surface area contributed by atoms with Gasteiger partial charge in [0.05, 0.1) is 0 Å². The third-order valence-corrected chi connectivity index (χ3v) is 3.94. The van der Waals surface area contributed by atoms with Crippen molar-refractivity contribution in [2.24, 2.45) is 0 Å². The normalized spacial score (nSPS) is 13.6. The largest absolute Gasteiger partial charge is 0.323 e. The van der Waals surface area contributed by atoms with Crippen LogP contribution in [-0.4, -0.2) is 23.8 Å². The van der Waals surface area contributed by atoms with Crippen molar-refractivity contribution < 1.29 is 9.59 Å². The summed E-state index contributed by atoms with van der Waals surface area (Å²) in [6.45, 7) is 0.501. The summed E-state index contributed by atoms with van der Waals surface area (Å²) in [6, 6.07) is 12.6. The van der Waals surface area contributed by atoms with E-state index in [0.717, 1.165) is 15.7 Å². The number of anilines is 1. The van der Waals surface area contributed by atoms with Gasteiger partial charge < -0.3 is 10.2 Å². The number of halogens is 1. The predicted molar refractivity (Wildman–Crippen MR) is 84.5 cm³/mol. The number of urea groups is 1. The lowest BCUT2D eigenvalue weighted by Gasteiger charge is -2.26. The van der Waals surface area contributed by atoms with Gasteiger partial charge in [0.2, 0.25) is 0 Å². The Hall–Kier alpha value is -2.14. The molecular weight excluding hydrogens is 332 g/mol. The van der Waals surface area contributed by atoms with Gasteiger partial charge in [-0.25, -0.2) is 4.79 Å². The molecule has 3 rings (SSSR count). The van der Waals surface area contributed by atoms with Crippen LogP contribution < -0.4 is 5.32 Å². The molecule has 0 bridgehead atoms. The van der Waals surface area contributed by atoms with E-state index in [1.807, 2.05) is 18.2 Å². The summed E-state index contributed by atoms with van der Waals surface area (Å²) in [5, 5.41) is 2.79. The van der Waals surface area contributed by atoms with Crippen LogP contribution in [-0.2, 0) is 6.54 Å². The first-order chi connectivity index (χ1) is 10.0. The van der Waals surface area contributed by atoms with E-state index in [0.29, 0.717) is 17.7 Å². The second kappa shape index (κ2) is 5.33. The van der Waals surface area contributed by atoms with Crippen molar-refractivity contribution in [2.45, 2.75) is 6.54 Å². The lowest BCUT2D eigenvalue weighted by molar-refractivity contribution is 0.103. The van der Waals surface area contributed by atoms with Crippen molar-refractivity contribution in [3.05, 3.63) is 63.6 Å². The Bertz CT molecular complexity index is 743. The number of carbonyl (C=O) groups excluding carboxylic acids is 2. The number of amides is 2. The molecule has 0 radical (unpaired) electrons. The van der Waals surface area contributed by atoms with E-state index >= 15 is 0 Å². The topological polar surface area (TPSA) is 49.4 Å². The first kappa shape index (κ1) is 13.8. The summed E-state index contributed by atoms with van der Waals surface area (Å²) in [5.74, 6) is -0.0290. The van der Waals surface area contributed by atoms with Crippen LogP contribution in [0.1, 0.15) is 21.5 Å². The van der Waals surface area contributed by atoms with Gasteiger partial charge in [-0.1, -0.05) is 28.1 Å². The lowest BCUT2D eigenvalue weighted by atomic mass is 9.99. The minimum atomic E-state index is -0.131. The van der Waals surface area contributed by atoms with Crippen LogP contribution in [0, 0.1) is 0 Å². The highest BCUT2D eigenvalue weighted by molar-refractivity contribution is 9.10. The van der Waals surface area contributed by atoms with Crippen molar-refractivity contribution >= 4 is 33.4 Å².